The summed E-state index contributed by atoms with van der Waals surface area (Å²) in [5.74, 6) is -0.854. The van der Waals surface area contributed by atoms with E-state index in [1.165, 1.54) is 6.92 Å². The van der Waals surface area contributed by atoms with Crippen LogP contribution in [0.1, 0.15) is 13.8 Å². The van der Waals surface area contributed by atoms with Gasteiger partial charge < -0.3 is 159 Å². The standard InChI is InChI=1S/C42H72N2O32/c1-11-20(53)23(56)28(61)39(66-11)76-36-24(57)21(54)14(4-46)68-42(36)75-35-19(44-12(2)52)37(67-15(5-47)22(35)55)72-32-17(7-49)70-40(30(63)26(32)59)74-34-18(8-50)71-41(31(64)27(34)60)73-33-16(6-48)69-38(29(62)25(33)58)65-9-13(3-45)43-10-51/h10-11,13-42,45-50,53-64H,3-9H2,1-2H3,(H,43,51)(H,44,52)/t11-,13+,14+,15+,16+,17+,18+,19+,20+,21-,22-,23+,24-,25+,26+,27+,28-,29+,30+,31+,32-,33+,34-,35+,36+,37-,38+,39-,40+,41-,42-/m0/s1. The topological polar surface area (TPSA) is 533 Å². The van der Waals surface area contributed by atoms with Crippen molar-refractivity contribution in [3.63, 3.8) is 0 Å². The summed E-state index contributed by atoms with van der Waals surface area (Å²) in [6.45, 7) is -3.60. The van der Waals surface area contributed by atoms with Gasteiger partial charge in [0.1, 0.15) is 140 Å². The third-order valence-corrected chi connectivity index (χ3v) is 13.8. The molecule has 6 heterocycles. The summed E-state index contributed by atoms with van der Waals surface area (Å²) in [6, 6.07) is -2.70. The number of nitrogens with one attached hydrogen (secondary N) is 2. The lowest BCUT2D eigenvalue weighted by molar-refractivity contribution is -0.392. The largest absolute Gasteiger partial charge is 0.394 e. The number of carbonyl (C=O) groups is 2. The predicted octanol–water partition coefficient (Wildman–Crippen LogP) is -13.8. The molecule has 0 radical (unpaired) electrons. The van der Waals surface area contributed by atoms with E-state index in [4.69, 9.17) is 56.8 Å². The van der Waals surface area contributed by atoms with Crippen LogP contribution >= 0.6 is 0 Å². The first-order valence-electron chi connectivity index (χ1n) is 24.2. The van der Waals surface area contributed by atoms with Gasteiger partial charge in [-0.05, 0) is 6.92 Å². The van der Waals surface area contributed by atoms with Crippen molar-refractivity contribution in [3.8, 4) is 0 Å². The molecule has 76 heavy (non-hydrogen) atoms. The Balaban J connectivity index is 1.16. The van der Waals surface area contributed by atoms with Crippen molar-refractivity contribution >= 4 is 12.3 Å². The number of aliphatic hydroxyl groups is 18. The van der Waals surface area contributed by atoms with Gasteiger partial charge in [0, 0.05) is 6.92 Å². The minimum absolute atomic E-state index is 0.283. The third-order valence-electron chi connectivity index (χ3n) is 13.8. The van der Waals surface area contributed by atoms with Crippen LogP contribution in [-0.4, -0.2) is 341 Å². The van der Waals surface area contributed by atoms with Gasteiger partial charge in [-0.25, -0.2) is 0 Å². The number of ether oxygens (including phenoxy) is 12. The lowest BCUT2D eigenvalue weighted by Gasteiger charge is -2.51. The summed E-state index contributed by atoms with van der Waals surface area (Å²) in [5.41, 5.74) is 0. The zero-order chi connectivity index (χ0) is 56.0. The van der Waals surface area contributed by atoms with Crippen molar-refractivity contribution < 1.29 is 158 Å². The van der Waals surface area contributed by atoms with E-state index in [0.29, 0.717) is 0 Å². The van der Waals surface area contributed by atoms with Crippen LogP contribution in [0.4, 0.5) is 0 Å². The van der Waals surface area contributed by atoms with E-state index in [2.05, 4.69) is 10.6 Å². The van der Waals surface area contributed by atoms with Gasteiger partial charge in [0.2, 0.25) is 12.3 Å². The molecule has 0 aromatic rings. The zero-order valence-corrected chi connectivity index (χ0v) is 40.7. The highest BCUT2D eigenvalue weighted by atomic mass is 16.8. The van der Waals surface area contributed by atoms with Gasteiger partial charge in [0.15, 0.2) is 37.7 Å². The molecule has 31 atom stereocenters. The van der Waals surface area contributed by atoms with Crippen molar-refractivity contribution in [1.29, 1.82) is 0 Å². The average Bonchev–Trinajstić information content (AvgIpc) is 3.40. The number of hydrogen-bond donors (Lipinski definition) is 20. The van der Waals surface area contributed by atoms with Crippen molar-refractivity contribution in [2.45, 2.75) is 204 Å². The second-order valence-corrected chi connectivity index (χ2v) is 19.0. The van der Waals surface area contributed by atoms with Crippen LogP contribution in [-0.2, 0) is 66.4 Å². The highest BCUT2D eigenvalue weighted by molar-refractivity contribution is 5.73. The zero-order valence-electron chi connectivity index (χ0n) is 40.7. The number of aliphatic hydroxyl groups excluding tert-OH is 18. The molecular weight excluding hydrogens is 1040 g/mol. The minimum Gasteiger partial charge on any atom is -0.394 e. The number of amides is 2. The molecule has 0 aliphatic carbocycles. The molecule has 0 aromatic heterocycles. The van der Waals surface area contributed by atoms with Gasteiger partial charge in [-0.1, -0.05) is 0 Å². The van der Waals surface area contributed by atoms with E-state index in [0.717, 1.165) is 6.92 Å². The molecule has 442 valence electrons. The van der Waals surface area contributed by atoms with Crippen molar-refractivity contribution in [2.24, 2.45) is 0 Å². The fraction of sp³-hybridized carbons (Fsp3) is 0.952. The quantitative estimate of drug-likeness (QED) is 0.0448. The molecule has 20 N–H and O–H groups in total. The van der Waals surface area contributed by atoms with Gasteiger partial charge in [-0.15, -0.1) is 0 Å². The Morgan fingerprint density at radius 1 is 0.447 bits per heavy atom. The molecule has 2 amide bonds. The van der Waals surface area contributed by atoms with Crippen molar-refractivity contribution in [2.75, 3.05) is 46.2 Å². The summed E-state index contributed by atoms with van der Waals surface area (Å²) in [5, 5.41) is 197. The summed E-state index contributed by atoms with van der Waals surface area (Å²) in [4.78, 5) is 23.5. The third kappa shape index (κ3) is 13.7. The van der Waals surface area contributed by atoms with Gasteiger partial charge in [0.25, 0.3) is 0 Å². The van der Waals surface area contributed by atoms with Crippen LogP contribution in [0.2, 0.25) is 0 Å². The van der Waals surface area contributed by atoms with E-state index in [9.17, 15) is 102 Å². The number of hydrogen-bond acceptors (Lipinski definition) is 32. The van der Waals surface area contributed by atoms with Crippen LogP contribution in [0.3, 0.4) is 0 Å². The minimum atomic E-state index is -2.23. The second-order valence-electron chi connectivity index (χ2n) is 19.0. The van der Waals surface area contributed by atoms with Crippen LogP contribution in [0.15, 0.2) is 0 Å². The van der Waals surface area contributed by atoms with Crippen LogP contribution in [0, 0.1) is 0 Å². The van der Waals surface area contributed by atoms with Gasteiger partial charge in [-0.3, -0.25) is 9.59 Å². The molecule has 34 nitrogen and oxygen atoms in total. The summed E-state index contributed by atoms with van der Waals surface area (Å²) in [6.07, 6.45) is -53.8. The van der Waals surface area contributed by atoms with Crippen LogP contribution < -0.4 is 10.6 Å². The summed E-state index contributed by atoms with van der Waals surface area (Å²) in [7, 11) is 0. The second kappa shape index (κ2) is 27.9. The molecule has 34 heteroatoms. The Morgan fingerprint density at radius 2 is 0.829 bits per heavy atom. The fourth-order valence-corrected chi connectivity index (χ4v) is 9.43. The van der Waals surface area contributed by atoms with E-state index in [1.54, 1.807) is 0 Å². The maximum Gasteiger partial charge on any atom is 0.217 e. The monoisotopic (exact) mass is 1120 g/mol. The van der Waals surface area contributed by atoms with E-state index in [-0.39, 0.29) is 6.41 Å². The highest BCUT2D eigenvalue weighted by Gasteiger charge is 2.58. The summed E-state index contributed by atoms with van der Waals surface area (Å²) >= 11 is 0. The SMILES string of the molecule is CC(=O)N[C@H]1[C@H](O[C@@H]2[C@H](O)[C@@H](O)[C@@H](O[C@@H]3[C@H](O)[C@@H](O)[C@H](O[C@H]4[C@H](O)[C@@H](O)[C@H](OC[C@@H](CO)NC=O)O[C@@H]4CO)O[C@@H]3CO)O[C@@H]2CO)O[C@H](CO)[C@H](O)[C@@H]1O[C@@H]1O[C@H](CO)[C@H](O)[C@H](O)[C@H]1O[C@@H]1O[C@@H](C)[C@@H](O)[C@@H](O)[C@@H]1O. The van der Waals surface area contributed by atoms with E-state index >= 15 is 0 Å². The molecule has 6 fully saturated rings. The normalized spacial score (nSPS) is 48.7. The Morgan fingerprint density at radius 3 is 1.30 bits per heavy atom. The molecule has 6 aliphatic rings. The fourth-order valence-electron chi connectivity index (χ4n) is 9.43. The Bertz CT molecular complexity index is 1780. The number of rotatable bonds is 22. The van der Waals surface area contributed by atoms with Crippen molar-refractivity contribution in [1.82, 2.24) is 10.6 Å². The molecule has 0 aromatic carbocycles. The lowest BCUT2D eigenvalue weighted by Crippen LogP contribution is -2.70. The predicted molar refractivity (Wildman–Crippen MR) is 233 cm³/mol. The van der Waals surface area contributed by atoms with Gasteiger partial charge in [0.05, 0.1) is 58.4 Å². The Kier molecular flexibility index (Phi) is 23.1. The smallest absolute Gasteiger partial charge is 0.217 e. The van der Waals surface area contributed by atoms with Crippen LogP contribution in [0.25, 0.3) is 0 Å². The van der Waals surface area contributed by atoms with Crippen molar-refractivity contribution in [3.05, 3.63) is 0 Å². The molecule has 0 spiro atoms. The van der Waals surface area contributed by atoms with Gasteiger partial charge >= 0.3 is 0 Å². The molecule has 6 saturated heterocycles. The number of carbonyl (C=O) groups excluding carboxylic acids is 2. The maximum absolute atomic E-state index is 12.8. The average molecular weight is 1120 g/mol. The molecule has 6 aliphatic heterocycles. The van der Waals surface area contributed by atoms with Gasteiger partial charge in [-0.2, -0.15) is 0 Å². The molecule has 0 saturated carbocycles. The first kappa shape index (κ1) is 62.9. The molecule has 6 rings (SSSR count). The summed E-state index contributed by atoms with van der Waals surface area (Å²) < 4.78 is 68.5. The molecular formula is C42H72N2O32. The highest BCUT2D eigenvalue weighted by Crippen LogP contribution is 2.37. The lowest BCUT2D eigenvalue weighted by atomic mass is 9.94. The maximum atomic E-state index is 12.8. The Hall–Kier alpha value is -2.26. The molecule has 0 unspecified atom stereocenters. The van der Waals surface area contributed by atoms with E-state index < -0.39 is 242 Å². The Labute approximate surface area is 431 Å². The first-order valence-corrected chi connectivity index (χ1v) is 24.2. The van der Waals surface area contributed by atoms with Crippen LogP contribution in [0.5, 0.6) is 0 Å². The first-order chi connectivity index (χ1) is 36.1. The van der Waals surface area contributed by atoms with E-state index in [1.807, 2.05) is 0 Å². The molecule has 0 bridgehead atoms.